The minimum absolute atomic E-state index is 0.114. The largest absolute Gasteiger partial charge is 0.310 e. The quantitative estimate of drug-likeness (QED) is 0.140. The van der Waals surface area contributed by atoms with Gasteiger partial charge in [0.05, 0.1) is 16.6 Å². The van der Waals surface area contributed by atoms with E-state index in [2.05, 4.69) is 170 Å². The van der Waals surface area contributed by atoms with Gasteiger partial charge in [-0.2, -0.15) is 0 Å². The van der Waals surface area contributed by atoms with Gasteiger partial charge in [0.2, 0.25) is 0 Å². The van der Waals surface area contributed by atoms with Crippen LogP contribution in [-0.2, 0) is 5.41 Å². The smallest absolute Gasteiger partial charge is 0.0714 e. The predicted octanol–water partition coefficient (Wildman–Crippen LogP) is 17.3. The number of nitrogens with zero attached hydrogens (tertiary/aromatic N) is 1. The number of hydrogen-bond acceptors (Lipinski definition) is 1. The molecule has 12 rings (SSSR count). The SMILES string of the molecule is [2H]c1c([2H])c(N(c2ccc3c(c2)C(c2ccccc2)(c2ccccc2)c2ccccc2-3)c2ccccc2-c2ccc(-c3ccccc3)cc2)c([2H])c([2H])c1-c1cccc(-c2cccc3ccccc23)c1. The van der Waals surface area contributed by atoms with Crippen LogP contribution in [0.25, 0.3) is 66.4 Å². The van der Waals surface area contributed by atoms with E-state index in [1.54, 1.807) is 0 Å². The van der Waals surface area contributed by atoms with Crippen LogP contribution in [0.1, 0.15) is 27.7 Å². The van der Waals surface area contributed by atoms with Gasteiger partial charge < -0.3 is 4.90 Å². The summed E-state index contributed by atoms with van der Waals surface area (Å²) in [5.74, 6) is 0. The normalized spacial score (nSPS) is 13.2. The predicted molar refractivity (Wildman–Crippen MR) is 278 cm³/mol. The molecule has 1 nitrogen and oxygen atoms in total. The first-order chi connectivity index (χ1) is 34.4. The van der Waals surface area contributed by atoms with Gasteiger partial charge in [-0.25, -0.2) is 0 Å². The highest BCUT2D eigenvalue weighted by Gasteiger charge is 2.46. The Morgan fingerprint density at radius 1 is 0.303 bits per heavy atom. The van der Waals surface area contributed by atoms with Crippen molar-refractivity contribution in [1.29, 1.82) is 0 Å². The fraction of sp³-hybridized carbons (Fsp3) is 0.0154. The van der Waals surface area contributed by atoms with Crippen LogP contribution in [-0.4, -0.2) is 0 Å². The Morgan fingerprint density at radius 3 is 1.59 bits per heavy atom. The third-order valence-electron chi connectivity index (χ3n) is 13.2. The van der Waals surface area contributed by atoms with Crippen LogP contribution in [0.15, 0.2) is 273 Å². The minimum Gasteiger partial charge on any atom is -0.310 e. The van der Waals surface area contributed by atoms with E-state index in [1.807, 2.05) is 83.8 Å². The Bertz CT molecular complexity index is 3680. The Balaban J connectivity index is 1.10. The van der Waals surface area contributed by atoms with E-state index in [4.69, 9.17) is 0 Å². The van der Waals surface area contributed by atoms with Crippen LogP contribution in [0, 0.1) is 0 Å². The molecule has 0 N–H and O–H groups in total. The van der Waals surface area contributed by atoms with Crippen LogP contribution in [0.2, 0.25) is 0 Å². The van der Waals surface area contributed by atoms with Gasteiger partial charge in [-0.15, -0.1) is 0 Å². The van der Waals surface area contributed by atoms with Gasteiger partial charge in [-0.1, -0.05) is 237 Å². The molecule has 310 valence electrons. The molecule has 0 amide bonds. The Labute approximate surface area is 392 Å². The third kappa shape index (κ3) is 6.64. The van der Waals surface area contributed by atoms with Crippen LogP contribution in [0.4, 0.5) is 17.1 Å². The molecule has 1 aliphatic rings. The highest BCUT2D eigenvalue weighted by atomic mass is 15.1. The molecule has 0 saturated carbocycles. The first-order valence-corrected chi connectivity index (χ1v) is 22.5. The minimum atomic E-state index is -0.712. The van der Waals surface area contributed by atoms with E-state index >= 15 is 0 Å². The number of fused-ring (bicyclic) bond motifs is 4. The van der Waals surface area contributed by atoms with E-state index in [-0.39, 0.29) is 35.4 Å². The Morgan fingerprint density at radius 2 is 0.833 bits per heavy atom. The molecule has 0 spiro atoms. The van der Waals surface area contributed by atoms with Crippen molar-refractivity contribution in [3.8, 4) is 55.6 Å². The first kappa shape index (κ1) is 34.9. The maximum Gasteiger partial charge on any atom is 0.0714 e. The van der Waals surface area contributed by atoms with E-state index in [0.717, 1.165) is 77.7 Å². The average Bonchev–Trinajstić information content (AvgIpc) is 3.73. The monoisotopic (exact) mass is 843 g/mol. The van der Waals surface area contributed by atoms with Crippen molar-refractivity contribution in [2.24, 2.45) is 0 Å². The zero-order chi connectivity index (χ0) is 47.3. The zero-order valence-electron chi connectivity index (χ0n) is 40.1. The molecule has 0 unspecified atom stereocenters. The molecule has 0 aromatic heterocycles. The molecule has 11 aromatic carbocycles. The molecule has 0 heterocycles. The van der Waals surface area contributed by atoms with Gasteiger partial charge in [0.25, 0.3) is 0 Å². The summed E-state index contributed by atoms with van der Waals surface area (Å²) < 4.78 is 39.8. The third-order valence-corrected chi connectivity index (χ3v) is 13.2. The average molecular weight is 844 g/mol. The maximum absolute atomic E-state index is 10.0. The molecule has 0 atom stereocenters. The van der Waals surface area contributed by atoms with Crippen molar-refractivity contribution in [2.75, 3.05) is 4.90 Å². The van der Waals surface area contributed by atoms with Crippen molar-refractivity contribution in [2.45, 2.75) is 5.41 Å². The molecule has 11 aromatic rings. The molecule has 0 bridgehead atoms. The summed E-state index contributed by atoms with van der Waals surface area (Å²) >= 11 is 0. The second-order valence-electron chi connectivity index (χ2n) is 16.9. The number of anilines is 3. The summed E-state index contributed by atoms with van der Waals surface area (Å²) in [7, 11) is 0. The number of benzene rings is 11. The molecular weight excluding hydrogens is 795 g/mol. The van der Waals surface area contributed by atoms with Gasteiger partial charge in [-0.3, -0.25) is 0 Å². The molecule has 0 fully saturated rings. The Hall–Kier alpha value is -8.52. The Kier molecular flexibility index (Phi) is 8.75. The van der Waals surface area contributed by atoms with E-state index < -0.39 is 5.41 Å². The summed E-state index contributed by atoms with van der Waals surface area (Å²) in [5.41, 5.74) is 14.5. The second-order valence-corrected chi connectivity index (χ2v) is 16.9. The zero-order valence-corrected chi connectivity index (χ0v) is 36.1. The van der Waals surface area contributed by atoms with Crippen LogP contribution in [0.3, 0.4) is 0 Å². The van der Waals surface area contributed by atoms with E-state index in [0.29, 0.717) is 11.3 Å². The summed E-state index contributed by atoms with van der Waals surface area (Å²) in [5, 5.41) is 2.22. The highest BCUT2D eigenvalue weighted by molar-refractivity contribution is 5.98. The van der Waals surface area contributed by atoms with Crippen LogP contribution in [0.5, 0.6) is 0 Å². The molecule has 0 saturated heterocycles. The molecular formula is C65H45N. The number of rotatable bonds is 9. The number of hydrogen-bond donors (Lipinski definition) is 0. The lowest BCUT2D eigenvalue weighted by molar-refractivity contribution is 0.768. The lowest BCUT2D eigenvalue weighted by atomic mass is 9.67. The first-order valence-electron chi connectivity index (χ1n) is 24.5. The summed E-state index contributed by atoms with van der Waals surface area (Å²) in [6.45, 7) is 0. The molecule has 0 radical (unpaired) electrons. The summed E-state index contributed by atoms with van der Waals surface area (Å²) in [6.07, 6.45) is 0. The van der Waals surface area contributed by atoms with E-state index in [9.17, 15) is 5.48 Å². The number of para-hydroxylation sites is 1. The topological polar surface area (TPSA) is 3.24 Å². The molecule has 0 aliphatic heterocycles. The second kappa shape index (κ2) is 16.6. The molecule has 1 heteroatoms. The van der Waals surface area contributed by atoms with Crippen molar-refractivity contribution in [1.82, 2.24) is 0 Å². The van der Waals surface area contributed by atoms with E-state index in [1.165, 1.54) is 5.56 Å². The molecule has 1 aliphatic carbocycles. The lowest BCUT2D eigenvalue weighted by Gasteiger charge is -2.35. The standard InChI is InChI=1S/C65H45N/c1-4-18-46(19-5-1)47-34-36-50(37-35-47)59-29-13-15-33-64(59)66(55-40-38-48(39-41-55)51-22-16-23-52(44-51)58-31-17-21-49-20-10-11-28-57(49)58)56-42-43-61-60-30-12-14-32-62(60)65(63(61)45-56,53-24-6-2-7-25-53)54-26-8-3-9-27-54/h1-45H/i38D,39D,40D,41D. The highest BCUT2D eigenvalue weighted by Crippen LogP contribution is 2.57. The fourth-order valence-corrected chi connectivity index (χ4v) is 10.2. The molecule has 66 heavy (non-hydrogen) atoms. The maximum atomic E-state index is 10.0. The summed E-state index contributed by atoms with van der Waals surface area (Å²) in [6, 6.07) is 85.1. The van der Waals surface area contributed by atoms with Crippen LogP contribution >= 0.6 is 0 Å². The summed E-state index contributed by atoms with van der Waals surface area (Å²) in [4.78, 5) is 1.96. The van der Waals surface area contributed by atoms with Crippen LogP contribution < -0.4 is 4.90 Å². The van der Waals surface area contributed by atoms with Crippen molar-refractivity contribution < 1.29 is 5.48 Å². The van der Waals surface area contributed by atoms with Gasteiger partial charge in [0.15, 0.2) is 0 Å². The van der Waals surface area contributed by atoms with Crippen molar-refractivity contribution in [3.63, 3.8) is 0 Å². The van der Waals surface area contributed by atoms with Crippen molar-refractivity contribution >= 4 is 27.8 Å². The van der Waals surface area contributed by atoms with Gasteiger partial charge >= 0.3 is 0 Å². The van der Waals surface area contributed by atoms with Crippen molar-refractivity contribution in [3.05, 3.63) is 295 Å². The fourth-order valence-electron chi connectivity index (χ4n) is 10.2. The van der Waals surface area contributed by atoms with Gasteiger partial charge in [-0.05, 0) is 119 Å². The lowest BCUT2D eigenvalue weighted by Crippen LogP contribution is -2.28. The van der Waals surface area contributed by atoms with Gasteiger partial charge in [0, 0.05) is 16.9 Å². The van der Waals surface area contributed by atoms with Gasteiger partial charge in [0.1, 0.15) is 0 Å².